The molecule has 0 saturated carbocycles. The zero-order chi connectivity index (χ0) is 0. The van der Waals surface area contributed by atoms with Gasteiger partial charge in [0.05, 0.1) is 0 Å². The molecule has 0 saturated heterocycles. The van der Waals surface area contributed by atoms with Gasteiger partial charge in [-0.3, -0.25) is 0 Å². The van der Waals surface area contributed by atoms with Gasteiger partial charge in [0.2, 0.25) is 0 Å². The summed E-state index contributed by atoms with van der Waals surface area (Å²) in [5.41, 5.74) is 0. The SMILES string of the molecule is Cl.Cl.[Cl-].[Cl-].[Cl-].[Cl-].[Ir+3].[K+]. The molecule has 0 bridgehead atoms. The summed E-state index contributed by atoms with van der Waals surface area (Å²) in [6.45, 7) is 0. The Balaban J connectivity index is 0. The van der Waals surface area contributed by atoms with E-state index in [9.17, 15) is 0 Å². The zero-order valence-electron chi connectivity index (χ0n) is 3.66. The molecule has 0 heterocycles. The fourth-order valence-corrected chi connectivity index (χ4v) is 0. The third-order valence-corrected chi connectivity index (χ3v) is 0. The van der Waals surface area contributed by atoms with Crippen molar-refractivity contribution in [2.24, 2.45) is 0 Å². The van der Waals surface area contributed by atoms with Gasteiger partial charge < -0.3 is 49.6 Å². The summed E-state index contributed by atoms with van der Waals surface area (Å²) in [5, 5.41) is 0. The normalized spacial score (nSPS) is 0. The Morgan fingerprint density at radius 2 is 0.500 bits per heavy atom. The summed E-state index contributed by atoms with van der Waals surface area (Å²) in [7, 11) is 0. The molecule has 0 nitrogen and oxygen atoms in total. The van der Waals surface area contributed by atoms with Crippen LogP contribution in [0.25, 0.3) is 0 Å². The molecule has 54 valence electrons. The first-order valence-electron chi connectivity index (χ1n) is 0. The second kappa shape index (κ2) is 68.4. The number of rotatable bonds is 0. The molecule has 8 heavy (non-hydrogen) atoms. The van der Waals surface area contributed by atoms with Gasteiger partial charge in [-0.2, -0.15) is 0 Å². The smallest absolute Gasteiger partial charge is 1.00 e. The van der Waals surface area contributed by atoms with E-state index in [2.05, 4.69) is 0 Å². The van der Waals surface area contributed by atoms with Crippen molar-refractivity contribution in [3.05, 3.63) is 0 Å². The van der Waals surface area contributed by atoms with Crippen molar-refractivity contribution < 1.29 is 121 Å². The Morgan fingerprint density at radius 3 is 0.500 bits per heavy atom. The predicted molar refractivity (Wildman–Crippen MR) is 14.5 cm³/mol. The van der Waals surface area contributed by atoms with E-state index in [1.165, 1.54) is 0 Å². The van der Waals surface area contributed by atoms with Crippen LogP contribution < -0.4 is 101 Å². The Morgan fingerprint density at radius 1 is 0.500 bits per heavy atom. The maximum atomic E-state index is 0. The third kappa shape index (κ3) is 50.4. The molecule has 0 aliphatic rings. The Bertz CT molecular complexity index is 8.49. The molecule has 0 aromatic heterocycles. The minimum absolute atomic E-state index is 0. The van der Waals surface area contributed by atoms with Gasteiger partial charge in [-0.1, -0.05) is 0 Å². The minimum Gasteiger partial charge on any atom is -1.00 e. The van der Waals surface area contributed by atoms with E-state index in [0.717, 1.165) is 0 Å². The molecule has 0 aromatic carbocycles. The van der Waals surface area contributed by atoms with Gasteiger partial charge in [0.1, 0.15) is 0 Å². The van der Waals surface area contributed by atoms with Crippen molar-refractivity contribution in [2.75, 3.05) is 0 Å². The van der Waals surface area contributed by atoms with Crippen LogP contribution in [0.1, 0.15) is 0 Å². The molecule has 0 radical (unpaired) electrons. The first kappa shape index (κ1) is 90.2. The van der Waals surface area contributed by atoms with Gasteiger partial charge >= 0.3 is 71.5 Å². The predicted octanol–water partition coefficient (Wildman–Crippen LogP) is -14.1. The fraction of sp³-hybridized carbons (Fsp3) is 0. The van der Waals surface area contributed by atoms with Crippen molar-refractivity contribution in [1.82, 2.24) is 0 Å². The molecule has 0 amide bonds. The van der Waals surface area contributed by atoms with Crippen LogP contribution >= 0.6 is 24.8 Å². The summed E-state index contributed by atoms with van der Waals surface area (Å²) < 4.78 is 0. The van der Waals surface area contributed by atoms with E-state index in [4.69, 9.17) is 0 Å². The molecule has 0 rings (SSSR count). The molecular weight excluding hydrogens is 444 g/mol. The molecule has 0 aliphatic heterocycles. The number of hydrogen-bond acceptors (Lipinski definition) is 0. The van der Waals surface area contributed by atoms with E-state index in [-0.39, 0.29) is 146 Å². The second-order valence-corrected chi connectivity index (χ2v) is 0. The molecule has 0 spiro atoms. The first-order valence-corrected chi connectivity index (χ1v) is 0. The Hall–Kier alpha value is 4.03. The van der Waals surface area contributed by atoms with Crippen molar-refractivity contribution >= 4 is 24.8 Å². The summed E-state index contributed by atoms with van der Waals surface area (Å²) >= 11 is 0. The molecule has 8 heteroatoms. The second-order valence-electron chi connectivity index (χ2n) is 0. The third-order valence-electron chi connectivity index (χ3n) is 0. The van der Waals surface area contributed by atoms with Gasteiger partial charge in [-0.05, 0) is 0 Å². The monoisotopic (exact) mass is 444 g/mol. The summed E-state index contributed by atoms with van der Waals surface area (Å²) in [6, 6.07) is 0. The van der Waals surface area contributed by atoms with Crippen molar-refractivity contribution in [3.63, 3.8) is 0 Å². The van der Waals surface area contributed by atoms with E-state index < -0.39 is 0 Å². The van der Waals surface area contributed by atoms with Crippen LogP contribution in [0.3, 0.4) is 0 Å². The molecule has 0 atom stereocenters. The van der Waals surface area contributed by atoms with Crippen LogP contribution in [0.5, 0.6) is 0 Å². The molecule has 0 aromatic rings. The maximum absolute atomic E-state index is 0. The van der Waals surface area contributed by atoms with Crippen LogP contribution in [-0.4, -0.2) is 0 Å². The van der Waals surface area contributed by atoms with Gasteiger partial charge in [-0.15, -0.1) is 24.8 Å². The van der Waals surface area contributed by atoms with Gasteiger partial charge in [0.15, 0.2) is 0 Å². The maximum Gasteiger partial charge on any atom is 3.00 e. The minimum atomic E-state index is 0. The van der Waals surface area contributed by atoms with Crippen LogP contribution in [0.15, 0.2) is 0 Å². The Labute approximate surface area is 143 Å². The summed E-state index contributed by atoms with van der Waals surface area (Å²) in [6.07, 6.45) is 0. The van der Waals surface area contributed by atoms with E-state index in [1.807, 2.05) is 0 Å². The van der Waals surface area contributed by atoms with Gasteiger partial charge in [0, 0.05) is 0 Å². The summed E-state index contributed by atoms with van der Waals surface area (Å²) in [4.78, 5) is 0. The average molecular weight is 446 g/mol. The molecule has 0 unspecified atom stereocenters. The van der Waals surface area contributed by atoms with Crippen LogP contribution in [-0.2, 0) is 20.1 Å². The Kier molecular flexibility index (Phi) is 771. The van der Waals surface area contributed by atoms with Gasteiger partial charge in [0.25, 0.3) is 0 Å². The largest absolute Gasteiger partial charge is 3.00 e. The quantitative estimate of drug-likeness (QED) is 0.325. The first-order chi connectivity index (χ1) is 0. The van der Waals surface area contributed by atoms with E-state index in [1.54, 1.807) is 0 Å². The zero-order valence-corrected chi connectivity index (χ0v) is 13.8. The molecular formula is H2Cl6IrK. The van der Waals surface area contributed by atoms with Gasteiger partial charge in [-0.25, -0.2) is 0 Å². The van der Waals surface area contributed by atoms with Crippen molar-refractivity contribution in [1.29, 1.82) is 0 Å². The average Bonchev–Trinajstić information content (AvgIpc) is 0. The standard InChI is InChI=1S/6ClH.Ir.K/h6*1H;;/q;;;;;;+3;+1/p-4. The number of halogens is 6. The molecule has 0 fully saturated rings. The molecule has 0 aliphatic carbocycles. The number of hydrogen-bond donors (Lipinski definition) is 0. The van der Waals surface area contributed by atoms with Crippen LogP contribution in [0, 0.1) is 0 Å². The van der Waals surface area contributed by atoms with E-state index in [0.29, 0.717) is 0 Å². The van der Waals surface area contributed by atoms with Crippen molar-refractivity contribution in [3.8, 4) is 0 Å². The topological polar surface area (TPSA) is 0 Å². The summed E-state index contributed by atoms with van der Waals surface area (Å²) in [5.74, 6) is 0. The molecule has 0 N–H and O–H groups in total. The van der Waals surface area contributed by atoms with Crippen LogP contribution in [0.2, 0.25) is 0 Å². The van der Waals surface area contributed by atoms with Crippen molar-refractivity contribution in [2.45, 2.75) is 0 Å². The fourth-order valence-electron chi connectivity index (χ4n) is 0. The van der Waals surface area contributed by atoms with E-state index >= 15 is 0 Å². The van der Waals surface area contributed by atoms with Crippen LogP contribution in [0.4, 0.5) is 0 Å².